The molecule has 0 aliphatic heterocycles. The van der Waals surface area contributed by atoms with Crippen molar-refractivity contribution in [2.75, 3.05) is 0 Å². The van der Waals surface area contributed by atoms with Gasteiger partial charge in [0, 0.05) is 72.9 Å². The maximum absolute atomic E-state index is 2.36. The third-order valence-electron chi connectivity index (χ3n) is 22.1. The fourth-order valence-electron chi connectivity index (χ4n) is 16.6. The molecule has 12 heteroatoms. The third-order valence-corrected chi connectivity index (χ3v) is 22.1. The van der Waals surface area contributed by atoms with Gasteiger partial charge in [-0.15, -0.1) is 18.6 Å². The van der Waals surface area contributed by atoms with Gasteiger partial charge in [0.25, 0.3) is 11.5 Å². The van der Waals surface area contributed by atoms with E-state index in [2.05, 4.69) is 473 Å². The largest absolute Gasteiger partial charge is 0.369 e. The Labute approximate surface area is 879 Å². The summed E-state index contributed by atoms with van der Waals surface area (Å²) in [7, 11) is 14.6. The molecule has 778 valence electrons. The molecule has 145 heavy (non-hydrogen) atoms. The van der Waals surface area contributed by atoms with Gasteiger partial charge < -0.3 is 0 Å². The monoisotopic (exact) mass is 1960 g/mol. The molecule has 12 nitrogen and oxygen atoms in total. The number of nitrogens with zero attached hydrogens (tertiary/aromatic N) is 12. The zero-order chi connectivity index (χ0) is 110. The van der Waals surface area contributed by atoms with Crippen molar-refractivity contribution in [2.45, 2.75) is 263 Å². The van der Waals surface area contributed by atoms with Gasteiger partial charge in [0.15, 0.2) is 32.7 Å². The molecule has 21 rings (SSSR count). The van der Waals surface area contributed by atoms with Crippen molar-refractivity contribution >= 4 is 104 Å². The highest BCUT2D eigenvalue weighted by molar-refractivity contribution is 6.14. The fraction of sp³-hybridized carbons (Fsp3) is 0.338. The standard InChI is InChI=1S/2C19H17N2.C18H18N3.C17H15N2.C17H16N.C11H13N2.16C2H6/c1-14-8-3-5-11-17(14)21-18-12-6-4-9-15(18)16-10-7-13-20(2)19(16)21;1-14-8-7-10-16-15-9-3-4-11-17(15)21(19(14)16)18-12-5-6-13-20(18)2;1-13-7-6-9-15-14-8-4-5-10-16(14)21(17(13)15)18-19(2)11-12-20(18)3;1-12-6-5-9-15-13-7-3-4-8-14(13)16-10-11-18(2)19(16)17(12)15;1-13-7-3-6-10-16(13)17-11-14-8-4-5-9-15(14)12-18(17)2;1-10-6-3-4-7-11(10)13-9-5-8-12(13)2;16*1-2/h2*3-13H,1-2H3;4-12H,1-3H3;3-11H,1-2H3;3-12H,1-2H3;3-9H,1-2H3;16*1-2H3/q6*+1;;;;;;;;;;;;;;;;. The number of imidazole rings is 1. The average Bonchev–Trinajstić information content (AvgIpc) is 1.72. The second-order valence-electron chi connectivity index (χ2n) is 29.6. The predicted molar refractivity (Wildman–Crippen MR) is 646 cm³/mol. The highest BCUT2D eigenvalue weighted by Gasteiger charge is 2.27. The second kappa shape index (κ2) is 73.3. The molecule has 21 aromatic rings. The van der Waals surface area contributed by atoms with Crippen molar-refractivity contribution in [3.63, 3.8) is 0 Å². The molecule has 0 fully saturated rings. The summed E-state index contributed by atoms with van der Waals surface area (Å²) in [4.78, 5) is 0. The number of fused-ring (bicyclic) bond motifs is 16. The molecule has 10 heterocycles. The summed E-state index contributed by atoms with van der Waals surface area (Å²) >= 11 is 0. The van der Waals surface area contributed by atoms with Crippen molar-refractivity contribution in [2.24, 2.45) is 49.3 Å². The first kappa shape index (κ1) is 131. The first-order valence-electron chi connectivity index (χ1n) is 54.7. The Morgan fingerprint density at radius 3 is 1.05 bits per heavy atom. The molecule has 11 aromatic carbocycles. The first-order chi connectivity index (χ1) is 71.0. The van der Waals surface area contributed by atoms with Crippen LogP contribution in [0.2, 0.25) is 0 Å². The normalized spacial score (nSPS) is 9.41. The van der Waals surface area contributed by atoms with Crippen LogP contribution in [0.3, 0.4) is 0 Å². The molecule has 0 saturated heterocycles. The van der Waals surface area contributed by atoms with Gasteiger partial charge >= 0.3 is 5.95 Å². The summed E-state index contributed by atoms with van der Waals surface area (Å²) in [5, 5.41) is 14.3. The summed E-state index contributed by atoms with van der Waals surface area (Å²) in [5.74, 6) is 2.34. The average molecular weight is 1960 g/mol. The quantitative estimate of drug-likeness (QED) is 0.122. The van der Waals surface area contributed by atoms with Crippen molar-refractivity contribution < 1.29 is 27.6 Å². The molecular formula is C133H192N12+6. The minimum Gasteiger partial charge on any atom is -0.237 e. The van der Waals surface area contributed by atoms with Crippen LogP contribution >= 0.6 is 0 Å². The van der Waals surface area contributed by atoms with E-state index in [0.29, 0.717) is 0 Å². The number of benzene rings is 11. The zero-order valence-electron chi connectivity index (χ0n) is 98.8. The molecule has 0 aliphatic rings. The minimum absolute atomic E-state index is 1.16. The van der Waals surface area contributed by atoms with E-state index in [0.717, 1.165) is 5.95 Å². The molecule has 0 unspecified atom stereocenters. The molecule has 0 N–H and O–H groups in total. The number of rotatable bonds is 5. The summed E-state index contributed by atoms with van der Waals surface area (Å²) in [6, 6.07) is 105. The van der Waals surface area contributed by atoms with E-state index in [1.54, 1.807) is 0 Å². The van der Waals surface area contributed by atoms with E-state index >= 15 is 0 Å². The highest BCUT2D eigenvalue weighted by atomic mass is 15.4. The van der Waals surface area contributed by atoms with E-state index in [-0.39, 0.29) is 0 Å². The summed E-state index contributed by atoms with van der Waals surface area (Å²) in [6.07, 6.45) is 16.8. The van der Waals surface area contributed by atoms with E-state index in [9.17, 15) is 0 Å². The van der Waals surface area contributed by atoms with E-state index in [1.807, 2.05) is 241 Å². The van der Waals surface area contributed by atoms with E-state index < -0.39 is 0 Å². The number of pyridine rings is 4. The lowest BCUT2D eigenvalue weighted by Crippen LogP contribution is -2.36. The Morgan fingerprint density at radius 1 is 0.221 bits per heavy atom. The van der Waals surface area contributed by atoms with Crippen molar-refractivity contribution in [1.82, 2.24) is 27.5 Å². The maximum atomic E-state index is 2.36. The van der Waals surface area contributed by atoms with Gasteiger partial charge in [0.05, 0.1) is 64.6 Å². The lowest BCUT2D eigenvalue weighted by Gasteiger charge is -2.08. The topological polar surface area (TPSA) is 52.3 Å². The number of para-hydroxylation sites is 8. The Hall–Kier alpha value is -13.8. The Bertz CT molecular complexity index is 6960. The van der Waals surface area contributed by atoms with Gasteiger partial charge in [-0.05, 0) is 165 Å². The van der Waals surface area contributed by atoms with Crippen LogP contribution < -0.4 is 27.6 Å². The summed E-state index contributed by atoms with van der Waals surface area (Å²) in [5.41, 5.74) is 22.9. The Kier molecular flexibility index (Phi) is 66.3. The molecule has 0 radical (unpaired) electrons. The first-order valence-corrected chi connectivity index (χ1v) is 54.7. The molecule has 10 aromatic heterocycles. The van der Waals surface area contributed by atoms with Crippen molar-refractivity contribution in [3.8, 4) is 34.4 Å². The van der Waals surface area contributed by atoms with Gasteiger partial charge in [0.1, 0.15) is 57.0 Å². The predicted octanol–water partition coefficient (Wildman–Crippen LogP) is 36.1. The fourth-order valence-corrected chi connectivity index (χ4v) is 16.6. The summed E-state index contributed by atoms with van der Waals surface area (Å²) < 4.78 is 26.6. The van der Waals surface area contributed by atoms with Crippen LogP contribution in [0, 0.1) is 41.5 Å². The lowest BCUT2D eigenvalue weighted by molar-refractivity contribution is -0.744. The second-order valence-corrected chi connectivity index (χ2v) is 29.6. The van der Waals surface area contributed by atoms with E-state index in [4.69, 9.17) is 0 Å². The third kappa shape index (κ3) is 32.3. The molecule has 0 amide bonds. The zero-order valence-corrected chi connectivity index (χ0v) is 98.8. The van der Waals surface area contributed by atoms with Crippen LogP contribution in [0.15, 0.2) is 347 Å². The smallest absolute Gasteiger partial charge is 0.237 e. The Balaban J connectivity index is 0.00000163. The number of aromatic nitrogens is 12. The van der Waals surface area contributed by atoms with Gasteiger partial charge in [-0.2, -0.15) is 13.7 Å². The SMILES string of the molecule is CC.CC.CC.CC.CC.CC.CC.CC.CC.CC.CC.CC.CC.CC.CC.CC.Cc1cccc2c3ccccc3c3cc[n+](C)n3c12.Cc1cccc2c3ccccc3n(-c3cccc[n+]3C)c12.Cc1cccc2c3ccccc3n(-c3n(C)cc[n+]3C)c12.Cc1ccccc1-c1cc2ccccc2c[n+]1C.Cc1ccccc1-n1c2ccccc2c2ccc[n+](C)c21.Cc1ccccc1-n1ccc[n+]1C. The number of hydrogen-bond acceptors (Lipinski definition) is 0. The van der Waals surface area contributed by atoms with Crippen LogP contribution in [0.5, 0.6) is 0 Å². The van der Waals surface area contributed by atoms with Gasteiger partial charge in [-0.25, -0.2) is 22.8 Å². The molecule has 0 spiro atoms. The molecule has 0 bridgehead atoms. The Morgan fingerprint density at radius 2 is 0.586 bits per heavy atom. The molecule has 0 atom stereocenters. The van der Waals surface area contributed by atoms with Crippen LogP contribution in [-0.2, 0) is 49.3 Å². The van der Waals surface area contributed by atoms with Crippen molar-refractivity contribution in [1.29, 1.82) is 0 Å². The highest BCUT2D eigenvalue weighted by Crippen LogP contribution is 2.37. The molecule has 0 saturated carbocycles. The van der Waals surface area contributed by atoms with E-state index in [1.165, 1.54) is 165 Å². The van der Waals surface area contributed by atoms with Crippen LogP contribution in [0.1, 0.15) is 255 Å². The minimum atomic E-state index is 1.16. The van der Waals surface area contributed by atoms with Gasteiger partial charge in [-0.3, -0.25) is 0 Å². The van der Waals surface area contributed by atoms with Gasteiger partial charge in [-0.1, -0.05) is 416 Å². The molecule has 0 aliphatic carbocycles. The molecular weight excluding hydrogens is 1770 g/mol. The van der Waals surface area contributed by atoms with Crippen LogP contribution in [-0.4, -0.2) is 27.5 Å². The van der Waals surface area contributed by atoms with Crippen LogP contribution in [0.4, 0.5) is 0 Å². The van der Waals surface area contributed by atoms with Gasteiger partial charge in [0.2, 0.25) is 5.69 Å². The number of hydrogen-bond donors (Lipinski definition) is 0. The van der Waals surface area contributed by atoms with Crippen molar-refractivity contribution in [3.05, 3.63) is 380 Å². The van der Waals surface area contributed by atoms with Crippen LogP contribution in [0.25, 0.3) is 138 Å². The lowest BCUT2D eigenvalue weighted by atomic mass is 10.0. The summed E-state index contributed by atoms with van der Waals surface area (Å²) in [6.45, 7) is 77.0. The number of aryl methyl sites for hydroxylation is 13. The maximum Gasteiger partial charge on any atom is 0.369 e.